The Bertz CT molecular complexity index is 1090. The predicted molar refractivity (Wildman–Crippen MR) is 118 cm³/mol. The highest BCUT2D eigenvalue weighted by molar-refractivity contribution is 6.08. The van der Waals surface area contributed by atoms with Gasteiger partial charge in [-0.25, -0.2) is 0 Å². The van der Waals surface area contributed by atoms with Crippen LogP contribution in [0.1, 0.15) is 45.4 Å². The number of nitrogens with one attached hydrogen (secondary N) is 2. The fourth-order valence-electron chi connectivity index (χ4n) is 4.72. The number of hydrogen-bond donors (Lipinski definition) is 2. The van der Waals surface area contributed by atoms with Gasteiger partial charge in [0.15, 0.2) is 0 Å². The number of amides is 1. The summed E-state index contributed by atoms with van der Waals surface area (Å²) in [5.74, 6) is 0.724. The summed E-state index contributed by atoms with van der Waals surface area (Å²) in [7, 11) is 0. The van der Waals surface area contributed by atoms with Gasteiger partial charge in [0, 0.05) is 11.6 Å². The van der Waals surface area contributed by atoms with Gasteiger partial charge >= 0.3 is 0 Å². The third kappa shape index (κ3) is 3.23. The first-order valence-electron chi connectivity index (χ1n) is 10.2. The quantitative estimate of drug-likeness (QED) is 0.541. The Morgan fingerprint density at radius 2 is 1.83 bits per heavy atom. The maximum absolute atomic E-state index is 13.1. The van der Waals surface area contributed by atoms with Crippen LogP contribution in [-0.4, -0.2) is 5.91 Å². The second-order valence-corrected chi connectivity index (χ2v) is 7.98. The Kier molecular flexibility index (Phi) is 4.44. The van der Waals surface area contributed by atoms with E-state index in [2.05, 4.69) is 60.0 Å². The van der Waals surface area contributed by atoms with Gasteiger partial charge in [0.25, 0.3) is 5.91 Å². The summed E-state index contributed by atoms with van der Waals surface area (Å²) in [5.41, 5.74) is 6.22. The van der Waals surface area contributed by atoms with Gasteiger partial charge in [-0.3, -0.25) is 4.79 Å². The molecular weight excluding hydrogens is 356 g/mol. The molecule has 5 rings (SSSR count). The molecule has 0 saturated carbocycles. The average Bonchev–Trinajstić information content (AvgIpc) is 3.23. The van der Waals surface area contributed by atoms with Crippen LogP contribution in [0.25, 0.3) is 0 Å². The Morgan fingerprint density at radius 3 is 2.66 bits per heavy atom. The molecular formula is C26H24N2O. The molecule has 1 aliphatic heterocycles. The molecule has 29 heavy (non-hydrogen) atoms. The van der Waals surface area contributed by atoms with Crippen molar-refractivity contribution in [2.24, 2.45) is 5.92 Å². The number of anilines is 2. The van der Waals surface area contributed by atoms with Crippen molar-refractivity contribution in [3.8, 4) is 0 Å². The van der Waals surface area contributed by atoms with E-state index in [9.17, 15) is 4.79 Å². The number of fused-ring (bicyclic) bond motifs is 3. The molecule has 0 aromatic heterocycles. The van der Waals surface area contributed by atoms with Crippen LogP contribution in [0.2, 0.25) is 0 Å². The maximum Gasteiger partial charge on any atom is 0.257 e. The van der Waals surface area contributed by atoms with Crippen LogP contribution in [-0.2, 0) is 0 Å². The van der Waals surface area contributed by atoms with E-state index < -0.39 is 0 Å². The molecule has 1 aliphatic carbocycles. The molecule has 3 nitrogen and oxygen atoms in total. The van der Waals surface area contributed by atoms with Crippen molar-refractivity contribution in [2.45, 2.75) is 25.3 Å². The largest absolute Gasteiger partial charge is 0.377 e. The zero-order valence-corrected chi connectivity index (χ0v) is 16.4. The number of benzene rings is 3. The molecule has 3 aromatic carbocycles. The zero-order valence-electron chi connectivity index (χ0n) is 16.4. The van der Waals surface area contributed by atoms with Crippen molar-refractivity contribution >= 4 is 17.3 Å². The van der Waals surface area contributed by atoms with Gasteiger partial charge < -0.3 is 10.6 Å². The van der Waals surface area contributed by atoms with Gasteiger partial charge in [0.2, 0.25) is 0 Å². The van der Waals surface area contributed by atoms with Crippen molar-refractivity contribution in [2.75, 3.05) is 10.6 Å². The molecule has 3 unspecified atom stereocenters. The zero-order chi connectivity index (χ0) is 19.8. The van der Waals surface area contributed by atoms with Crippen molar-refractivity contribution < 1.29 is 4.79 Å². The first-order chi connectivity index (χ1) is 14.2. The van der Waals surface area contributed by atoms with E-state index >= 15 is 0 Å². The first kappa shape index (κ1) is 17.7. The van der Waals surface area contributed by atoms with Crippen molar-refractivity contribution in [3.05, 3.63) is 107 Å². The second-order valence-electron chi connectivity index (χ2n) is 7.98. The number of hydrogen-bond acceptors (Lipinski definition) is 2. The lowest BCUT2D eigenvalue weighted by atomic mass is 9.76. The van der Waals surface area contributed by atoms with Crippen molar-refractivity contribution in [3.63, 3.8) is 0 Å². The minimum Gasteiger partial charge on any atom is -0.377 e. The lowest BCUT2D eigenvalue weighted by Gasteiger charge is -2.38. The number of aryl methyl sites for hydroxylation is 1. The van der Waals surface area contributed by atoms with E-state index in [1.54, 1.807) is 0 Å². The molecule has 0 spiro atoms. The SMILES string of the molecule is Cc1cccc(C2Nc3c(C(=O)Nc4ccccc4)cccc3C3C=CCC32)c1. The minimum atomic E-state index is -0.0797. The monoisotopic (exact) mass is 380 g/mol. The van der Waals surface area contributed by atoms with Crippen molar-refractivity contribution in [1.29, 1.82) is 0 Å². The predicted octanol–water partition coefficient (Wildman–Crippen LogP) is 6.07. The molecule has 3 aromatic rings. The van der Waals surface area contributed by atoms with E-state index in [4.69, 9.17) is 0 Å². The Morgan fingerprint density at radius 1 is 1.00 bits per heavy atom. The standard InChI is InChI=1S/C26H24N2O/c1-17-8-5-9-18(16-17)24-21-13-6-12-20(21)22-14-7-15-23(25(22)28-24)26(29)27-19-10-3-2-4-11-19/h2-12,14-16,20-21,24,28H,13H2,1H3,(H,27,29). The third-order valence-electron chi connectivity index (χ3n) is 6.07. The number of para-hydroxylation sites is 2. The summed E-state index contributed by atoms with van der Waals surface area (Å²) >= 11 is 0. The highest BCUT2D eigenvalue weighted by Crippen LogP contribution is 2.50. The minimum absolute atomic E-state index is 0.0797. The molecule has 0 fully saturated rings. The van der Waals surface area contributed by atoms with Gasteiger partial charge in [0.05, 0.1) is 17.3 Å². The van der Waals surface area contributed by atoms with Gasteiger partial charge in [0.1, 0.15) is 0 Å². The van der Waals surface area contributed by atoms with Crippen LogP contribution in [0, 0.1) is 12.8 Å². The normalized spacial score (nSPS) is 21.8. The Balaban J connectivity index is 1.55. The topological polar surface area (TPSA) is 41.1 Å². The van der Waals surface area contributed by atoms with Crippen LogP contribution >= 0.6 is 0 Å². The van der Waals surface area contributed by atoms with Crippen LogP contribution in [0.3, 0.4) is 0 Å². The number of rotatable bonds is 3. The molecule has 1 amide bonds. The van der Waals surface area contributed by atoms with E-state index in [-0.39, 0.29) is 11.9 Å². The van der Waals surface area contributed by atoms with Crippen LogP contribution in [0.15, 0.2) is 84.9 Å². The average molecular weight is 380 g/mol. The second kappa shape index (κ2) is 7.25. The molecule has 144 valence electrons. The van der Waals surface area contributed by atoms with Gasteiger partial charge in [-0.1, -0.05) is 72.3 Å². The van der Waals surface area contributed by atoms with Gasteiger partial charge in [-0.15, -0.1) is 0 Å². The molecule has 3 atom stereocenters. The molecule has 2 aliphatic rings. The van der Waals surface area contributed by atoms with E-state index in [0.29, 0.717) is 17.4 Å². The summed E-state index contributed by atoms with van der Waals surface area (Å²) in [6, 6.07) is 24.6. The number of carbonyl (C=O) groups excluding carboxylic acids is 1. The van der Waals surface area contributed by atoms with Gasteiger partial charge in [-0.2, -0.15) is 0 Å². The molecule has 0 bridgehead atoms. The van der Waals surface area contributed by atoms with E-state index in [1.807, 2.05) is 42.5 Å². The molecule has 3 heteroatoms. The summed E-state index contributed by atoms with van der Waals surface area (Å²) in [6.45, 7) is 2.13. The number of carbonyl (C=O) groups is 1. The molecule has 0 saturated heterocycles. The maximum atomic E-state index is 13.1. The molecule has 0 radical (unpaired) electrons. The van der Waals surface area contributed by atoms with E-state index in [0.717, 1.165) is 17.8 Å². The summed E-state index contributed by atoms with van der Waals surface area (Å²) < 4.78 is 0. The molecule has 2 N–H and O–H groups in total. The summed E-state index contributed by atoms with van der Waals surface area (Å²) in [4.78, 5) is 13.1. The van der Waals surface area contributed by atoms with Gasteiger partial charge in [-0.05, 0) is 48.6 Å². The van der Waals surface area contributed by atoms with E-state index in [1.165, 1.54) is 16.7 Å². The highest BCUT2D eigenvalue weighted by Gasteiger charge is 2.39. The van der Waals surface area contributed by atoms with Crippen LogP contribution in [0.5, 0.6) is 0 Å². The fourth-order valence-corrected chi connectivity index (χ4v) is 4.72. The summed E-state index contributed by atoms with van der Waals surface area (Å²) in [5, 5.41) is 6.78. The smallest absolute Gasteiger partial charge is 0.257 e. The Hall–Kier alpha value is -3.33. The number of allylic oxidation sites excluding steroid dienone is 2. The lowest BCUT2D eigenvalue weighted by molar-refractivity contribution is 0.102. The Labute approximate surface area is 171 Å². The lowest BCUT2D eigenvalue weighted by Crippen LogP contribution is -2.31. The molecule has 1 heterocycles. The van der Waals surface area contributed by atoms with Crippen LogP contribution in [0.4, 0.5) is 11.4 Å². The highest BCUT2D eigenvalue weighted by atomic mass is 16.1. The van der Waals surface area contributed by atoms with Crippen molar-refractivity contribution in [1.82, 2.24) is 0 Å². The first-order valence-corrected chi connectivity index (χ1v) is 10.2. The summed E-state index contributed by atoms with van der Waals surface area (Å²) in [6.07, 6.45) is 5.65. The third-order valence-corrected chi connectivity index (χ3v) is 6.07. The van der Waals surface area contributed by atoms with Crippen LogP contribution < -0.4 is 10.6 Å². The fraction of sp³-hybridized carbons (Fsp3) is 0.192.